The monoisotopic (exact) mass is 242 g/mol. The third kappa shape index (κ3) is 3.43. The Bertz CT molecular complexity index is 302. The summed E-state index contributed by atoms with van der Waals surface area (Å²) in [5.74, 6) is -1.22. The summed E-state index contributed by atoms with van der Waals surface area (Å²) >= 11 is 0. The molecular formula is C12H22N2O3. The number of carbonyl (C=O) groups is 2. The van der Waals surface area contributed by atoms with E-state index in [1.54, 1.807) is 4.90 Å². The fourth-order valence-electron chi connectivity index (χ4n) is 2.28. The van der Waals surface area contributed by atoms with E-state index in [4.69, 9.17) is 5.11 Å². The molecule has 1 aliphatic rings. The van der Waals surface area contributed by atoms with E-state index in [0.717, 1.165) is 13.0 Å². The molecule has 0 aromatic heterocycles. The van der Waals surface area contributed by atoms with Crippen molar-refractivity contribution in [3.05, 3.63) is 0 Å². The zero-order chi connectivity index (χ0) is 13.1. The maximum Gasteiger partial charge on any atom is 0.308 e. The Labute approximate surface area is 102 Å². The summed E-state index contributed by atoms with van der Waals surface area (Å²) in [7, 11) is 0. The van der Waals surface area contributed by atoms with Gasteiger partial charge in [0.1, 0.15) is 0 Å². The summed E-state index contributed by atoms with van der Waals surface area (Å²) in [4.78, 5) is 24.9. The highest BCUT2D eigenvalue weighted by atomic mass is 16.4. The Morgan fingerprint density at radius 3 is 2.65 bits per heavy atom. The second kappa shape index (κ2) is 5.49. The van der Waals surface area contributed by atoms with Crippen molar-refractivity contribution in [2.45, 2.75) is 39.2 Å². The fraction of sp³-hybridized carbons (Fsp3) is 0.833. The van der Waals surface area contributed by atoms with Gasteiger partial charge in [0.15, 0.2) is 0 Å². The molecule has 1 fully saturated rings. The van der Waals surface area contributed by atoms with Gasteiger partial charge in [-0.05, 0) is 33.2 Å². The number of aliphatic carboxylic acids is 1. The van der Waals surface area contributed by atoms with Gasteiger partial charge in [-0.3, -0.25) is 9.59 Å². The van der Waals surface area contributed by atoms with Gasteiger partial charge in [-0.15, -0.1) is 0 Å². The highest BCUT2D eigenvalue weighted by Gasteiger charge is 2.35. The van der Waals surface area contributed by atoms with Crippen molar-refractivity contribution < 1.29 is 14.7 Å². The highest BCUT2D eigenvalue weighted by Crippen LogP contribution is 2.19. The van der Waals surface area contributed by atoms with Crippen LogP contribution in [0.15, 0.2) is 0 Å². The smallest absolute Gasteiger partial charge is 0.308 e. The van der Waals surface area contributed by atoms with E-state index in [1.165, 1.54) is 0 Å². The van der Waals surface area contributed by atoms with Crippen LogP contribution in [-0.4, -0.2) is 47.1 Å². The number of piperidine rings is 1. The molecule has 0 aromatic rings. The third-order valence-electron chi connectivity index (χ3n) is 3.21. The first-order chi connectivity index (χ1) is 7.88. The number of nitrogens with one attached hydrogen (secondary N) is 1. The lowest BCUT2D eigenvalue weighted by atomic mass is 9.95. The molecule has 0 aromatic carbocycles. The number of carboxylic acid groups (broad SMARTS) is 1. The number of likely N-dealkylation sites (N-methyl/N-ethyl adjacent to an activating group) is 1. The summed E-state index contributed by atoms with van der Waals surface area (Å²) in [5.41, 5.74) is -0.616. The maximum absolute atomic E-state index is 12.2. The molecule has 0 radical (unpaired) electrons. The van der Waals surface area contributed by atoms with E-state index < -0.39 is 17.4 Å². The van der Waals surface area contributed by atoms with Crippen molar-refractivity contribution in [3.8, 4) is 0 Å². The molecule has 98 valence electrons. The Kier molecular flexibility index (Phi) is 4.51. The molecule has 0 unspecified atom stereocenters. The Morgan fingerprint density at radius 1 is 1.47 bits per heavy atom. The van der Waals surface area contributed by atoms with Gasteiger partial charge in [0.05, 0.1) is 11.5 Å². The predicted octanol–water partition coefficient (Wildman–Crippen LogP) is 0.698. The molecule has 1 saturated heterocycles. The van der Waals surface area contributed by atoms with Gasteiger partial charge < -0.3 is 15.3 Å². The van der Waals surface area contributed by atoms with Gasteiger partial charge in [0.2, 0.25) is 5.91 Å². The van der Waals surface area contributed by atoms with Crippen LogP contribution >= 0.6 is 0 Å². The average molecular weight is 242 g/mol. The SMILES string of the molecule is CCNC(C)(C)C(=O)N1CCC[C@H](C(=O)O)C1. The largest absolute Gasteiger partial charge is 0.481 e. The Morgan fingerprint density at radius 2 is 2.12 bits per heavy atom. The van der Waals surface area contributed by atoms with Gasteiger partial charge in [0, 0.05) is 13.1 Å². The molecule has 0 aliphatic carbocycles. The van der Waals surface area contributed by atoms with Crippen molar-refractivity contribution in [2.75, 3.05) is 19.6 Å². The predicted molar refractivity (Wildman–Crippen MR) is 64.7 cm³/mol. The highest BCUT2D eigenvalue weighted by molar-refractivity contribution is 5.86. The summed E-state index contributed by atoms with van der Waals surface area (Å²) in [6, 6.07) is 0. The van der Waals surface area contributed by atoms with Crippen molar-refractivity contribution in [1.82, 2.24) is 10.2 Å². The van der Waals surface area contributed by atoms with Crippen LogP contribution in [0.1, 0.15) is 33.6 Å². The van der Waals surface area contributed by atoms with E-state index in [9.17, 15) is 9.59 Å². The Balaban J connectivity index is 2.66. The number of carbonyl (C=O) groups excluding carboxylic acids is 1. The number of hydrogen-bond donors (Lipinski definition) is 2. The van der Waals surface area contributed by atoms with Gasteiger partial charge in [-0.25, -0.2) is 0 Å². The number of rotatable bonds is 4. The summed E-state index contributed by atoms with van der Waals surface area (Å²) in [6.07, 6.45) is 1.44. The number of hydrogen-bond acceptors (Lipinski definition) is 3. The molecule has 2 N–H and O–H groups in total. The van der Waals surface area contributed by atoms with Gasteiger partial charge in [-0.2, -0.15) is 0 Å². The topological polar surface area (TPSA) is 69.6 Å². The second-order valence-electron chi connectivity index (χ2n) is 5.08. The third-order valence-corrected chi connectivity index (χ3v) is 3.21. The molecule has 5 nitrogen and oxygen atoms in total. The van der Waals surface area contributed by atoms with E-state index in [0.29, 0.717) is 19.5 Å². The summed E-state index contributed by atoms with van der Waals surface area (Å²) in [5, 5.41) is 12.1. The quantitative estimate of drug-likeness (QED) is 0.761. The normalized spacial score (nSPS) is 21.4. The van der Waals surface area contributed by atoms with Crippen LogP contribution in [0.5, 0.6) is 0 Å². The van der Waals surface area contributed by atoms with Crippen LogP contribution in [-0.2, 0) is 9.59 Å². The standard InChI is InChI=1S/C12H22N2O3/c1-4-13-12(2,3)11(17)14-7-5-6-9(8-14)10(15)16/h9,13H,4-8H2,1-3H3,(H,15,16)/t9-/m0/s1. The van der Waals surface area contributed by atoms with E-state index >= 15 is 0 Å². The van der Waals surface area contributed by atoms with Crippen molar-refractivity contribution in [3.63, 3.8) is 0 Å². The van der Waals surface area contributed by atoms with Crippen LogP contribution in [0.4, 0.5) is 0 Å². The molecule has 0 bridgehead atoms. The van der Waals surface area contributed by atoms with Crippen molar-refractivity contribution >= 4 is 11.9 Å². The molecule has 0 spiro atoms. The van der Waals surface area contributed by atoms with Gasteiger partial charge >= 0.3 is 5.97 Å². The van der Waals surface area contributed by atoms with Gasteiger partial charge in [-0.1, -0.05) is 6.92 Å². The molecule has 1 rings (SSSR count). The summed E-state index contributed by atoms with van der Waals surface area (Å²) in [6.45, 7) is 7.34. The van der Waals surface area contributed by atoms with Crippen LogP contribution in [0.25, 0.3) is 0 Å². The summed E-state index contributed by atoms with van der Waals surface area (Å²) < 4.78 is 0. The first-order valence-corrected chi connectivity index (χ1v) is 6.15. The van der Waals surface area contributed by atoms with E-state index in [1.807, 2.05) is 20.8 Å². The van der Waals surface area contributed by atoms with Crippen molar-refractivity contribution in [2.24, 2.45) is 5.92 Å². The molecule has 1 aliphatic heterocycles. The zero-order valence-electron chi connectivity index (χ0n) is 10.8. The molecule has 1 heterocycles. The fourth-order valence-corrected chi connectivity index (χ4v) is 2.28. The lowest BCUT2D eigenvalue weighted by Gasteiger charge is -2.36. The maximum atomic E-state index is 12.2. The van der Waals surface area contributed by atoms with Crippen LogP contribution in [0.3, 0.4) is 0 Å². The van der Waals surface area contributed by atoms with Crippen LogP contribution in [0, 0.1) is 5.92 Å². The molecular weight excluding hydrogens is 220 g/mol. The second-order valence-corrected chi connectivity index (χ2v) is 5.08. The molecule has 17 heavy (non-hydrogen) atoms. The number of likely N-dealkylation sites (tertiary alicyclic amines) is 1. The lowest BCUT2D eigenvalue weighted by Crippen LogP contribution is -2.56. The zero-order valence-corrected chi connectivity index (χ0v) is 10.8. The minimum absolute atomic E-state index is 0.00898. The molecule has 5 heteroatoms. The lowest BCUT2D eigenvalue weighted by molar-refractivity contribution is -0.147. The first-order valence-electron chi connectivity index (χ1n) is 6.15. The van der Waals surface area contributed by atoms with E-state index in [-0.39, 0.29) is 5.91 Å². The molecule has 1 atom stereocenters. The number of amides is 1. The molecule has 0 saturated carbocycles. The number of carboxylic acids is 1. The van der Waals surface area contributed by atoms with Crippen LogP contribution in [0.2, 0.25) is 0 Å². The minimum Gasteiger partial charge on any atom is -0.481 e. The molecule has 1 amide bonds. The minimum atomic E-state index is -0.802. The van der Waals surface area contributed by atoms with Gasteiger partial charge in [0.25, 0.3) is 0 Å². The number of nitrogens with zero attached hydrogens (tertiary/aromatic N) is 1. The van der Waals surface area contributed by atoms with E-state index in [2.05, 4.69) is 5.32 Å². The van der Waals surface area contributed by atoms with Crippen LogP contribution < -0.4 is 5.32 Å². The van der Waals surface area contributed by atoms with Crippen molar-refractivity contribution in [1.29, 1.82) is 0 Å². The Hall–Kier alpha value is -1.10. The average Bonchev–Trinajstić information content (AvgIpc) is 2.28. The first kappa shape index (κ1) is 14.0.